The Morgan fingerprint density at radius 3 is 2.50 bits per heavy atom. The maximum absolute atomic E-state index is 12.2. The Balaban J connectivity index is 2.27. The van der Waals surface area contributed by atoms with Crippen LogP contribution in [0.15, 0.2) is 30.9 Å². The number of hydrogen-bond acceptors (Lipinski definition) is 5. The van der Waals surface area contributed by atoms with Crippen molar-refractivity contribution in [2.45, 2.75) is 19.8 Å². The average Bonchev–Trinajstić information content (AvgIpc) is 2.47. The predicted molar refractivity (Wildman–Crippen MR) is 77.9 cm³/mol. The lowest BCUT2D eigenvalue weighted by molar-refractivity contribution is 0.102. The third-order valence-corrected chi connectivity index (χ3v) is 2.77. The van der Waals surface area contributed by atoms with Crippen molar-refractivity contribution in [3.63, 3.8) is 0 Å². The van der Waals surface area contributed by atoms with E-state index in [0.717, 1.165) is 5.69 Å². The Hall–Kier alpha value is -2.50. The summed E-state index contributed by atoms with van der Waals surface area (Å²) in [4.78, 5) is 24.4. The van der Waals surface area contributed by atoms with E-state index in [9.17, 15) is 4.79 Å². The minimum atomic E-state index is -0.208. The smallest absolute Gasteiger partial charge is 0.255 e. The third kappa shape index (κ3) is 3.28. The summed E-state index contributed by atoms with van der Waals surface area (Å²) in [6.45, 7) is 4.07. The highest BCUT2D eigenvalue weighted by atomic mass is 16.1. The van der Waals surface area contributed by atoms with E-state index in [1.807, 2.05) is 13.8 Å². The van der Waals surface area contributed by atoms with E-state index in [-0.39, 0.29) is 11.8 Å². The number of aromatic nitrogens is 3. The molecule has 104 valence electrons. The van der Waals surface area contributed by atoms with Gasteiger partial charge in [-0.1, -0.05) is 13.8 Å². The Kier molecular flexibility index (Phi) is 4.24. The van der Waals surface area contributed by atoms with Gasteiger partial charge in [-0.15, -0.1) is 0 Å². The molecule has 0 bridgehead atoms. The fraction of sp³-hybridized carbons (Fsp3) is 0.286. The van der Waals surface area contributed by atoms with Crippen molar-refractivity contribution in [2.75, 3.05) is 17.7 Å². The second-order valence-electron chi connectivity index (χ2n) is 4.65. The molecule has 2 N–H and O–H groups in total. The number of pyridine rings is 1. The summed E-state index contributed by atoms with van der Waals surface area (Å²) < 4.78 is 0. The lowest BCUT2D eigenvalue weighted by atomic mass is 10.1. The summed E-state index contributed by atoms with van der Waals surface area (Å²) in [5, 5.41) is 5.72. The predicted octanol–water partition coefficient (Wildman–Crippen LogP) is 2.29. The topological polar surface area (TPSA) is 79.8 Å². The highest BCUT2D eigenvalue weighted by molar-refractivity contribution is 6.04. The summed E-state index contributed by atoms with van der Waals surface area (Å²) in [7, 11) is 1.78. The molecular weight excluding hydrogens is 254 g/mol. The molecule has 0 aromatic carbocycles. The van der Waals surface area contributed by atoms with E-state index in [1.165, 1.54) is 6.33 Å². The normalized spacial score (nSPS) is 10.4. The molecule has 1 amide bonds. The van der Waals surface area contributed by atoms with Crippen LogP contribution in [-0.2, 0) is 0 Å². The third-order valence-electron chi connectivity index (χ3n) is 2.77. The minimum absolute atomic E-state index is 0.208. The van der Waals surface area contributed by atoms with Crippen LogP contribution >= 0.6 is 0 Å². The van der Waals surface area contributed by atoms with Gasteiger partial charge in [0.15, 0.2) is 0 Å². The van der Waals surface area contributed by atoms with Gasteiger partial charge in [-0.05, 0) is 18.1 Å². The van der Waals surface area contributed by atoms with Crippen LogP contribution in [-0.4, -0.2) is 27.9 Å². The Morgan fingerprint density at radius 2 is 1.90 bits per heavy atom. The number of carbonyl (C=O) groups is 1. The molecule has 0 unspecified atom stereocenters. The molecule has 0 radical (unpaired) electrons. The summed E-state index contributed by atoms with van der Waals surface area (Å²) in [6.07, 6.45) is 4.51. The fourth-order valence-electron chi connectivity index (χ4n) is 1.67. The minimum Gasteiger partial charge on any atom is -0.373 e. The zero-order valence-corrected chi connectivity index (χ0v) is 11.7. The van der Waals surface area contributed by atoms with Crippen molar-refractivity contribution in [2.24, 2.45) is 0 Å². The molecular formula is C14H17N5O. The molecule has 0 spiro atoms. The van der Waals surface area contributed by atoms with E-state index in [4.69, 9.17) is 0 Å². The van der Waals surface area contributed by atoms with Gasteiger partial charge in [0.05, 0.1) is 18.1 Å². The highest BCUT2D eigenvalue weighted by Gasteiger charge is 2.12. The molecule has 0 aliphatic heterocycles. The first kappa shape index (κ1) is 13.9. The number of anilines is 2. The SMILES string of the molecule is CNc1cc(C(=O)Nc2cncnc2)cc(C(C)C)n1. The van der Waals surface area contributed by atoms with Crippen LogP contribution in [0.4, 0.5) is 11.5 Å². The van der Waals surface area contributed by atoms with Gasteiger partial charge in [-0.25, -0.2) is 15.0 Å². The molecule has 2 aromatic heterocycles. The fourth-order valence-corrected chi connectivity index (χ4v) is 1.67. The lowest BCUT2D eigenvalue weighted by Gasteiger charge is -2.11. The Bertz CT molecular complexity index is 598. The largest absolute Gasteiger partial charge is 0.373 e. The van der Waals surface area contributed by atoms with Crippen LogP contribution < -0.4 is 10.6 Å². The second-order valence-corrected chi connectivity index (χ2v) is 4.65. The van der Waals surface area contributed by atoms with Crippen molar-refractivity contribution in [3.8, 4) is 0 Å². The first-order valence-electron chi connectivity index (χ1n) is 6.36. The zero-order valence-electron chi connectivity index (χ0n) is 11.7. The second kappa shape index (κ2) is 6.10. The highest BCUT2D eigenvalue weighted by Crippen LogP contribution is 2.18. The van der Waals surface area contributed by atoms with Gasteiger partial charge in [0.2, 0.25) is 0 Å². The summed E-state index contributed by atoms with van der Waals surface area (Å²) in [5.41, 5.74) is 1.98. The molecule has 0 aliphatic carbocycles. The molecule has 0 aliphatic rings. The van der Waals surface area contributed by atoms with Crippen molar-refractivity contribution in [1.82, 2.24) is 15.0 Å². The molecule has 6 nitrogen and oxygen atoms in total. The first-order chi connectivity index (χ1) is 9.60. The number of amides is 1. The Labute approximate surface area is 117 Å². The van der Waals surface area contributed by atoms with Gasteiger partial charge in [0.25, 0.3) is 5.91 Å². The van der Waals surface area contributed by atoms with Crippen LogP contribution in [0, 0.1) is 0 Å². The molecule has 0 fully saturated rings. The van der Waals surface area contributed by atoms with Crippen molar-refractivity contribution in [1.29, 1.82) is 0 Å². The van der Waals surface area contributed by atoms with Crippen molar-refractivity contribution >= 4 is 17.4 Å². The molecule has 6 heteroatoms. The maximum Gasteiger partial charge on any atom is 0.255 e. The molecule has 2 heterocycles. The van der Waals surface area contributed by atoms with Crippen LogP contribution in [0.3, 0.4) is 0 Å². The molecule has 0 atom stereocenters. The van der Waals surface area contributed by atoms with Gasteiger partial charge in [0.1, 0.15) is 12.1 Å². The van der Waals surface area contributed by atoms with Crippen LogP contribution in [0.5, 0.6) is 0 Å². The molecule has 0 saturated carbocycles. The van der Waals surface area contributed by atoms with Gasteiger partial charge >= 0.3 is 0 Å². The molecule has 0 saturated heterocycles. The van der Waals surface area contributed by atoms with Crippen LogP contribution in [0.25, 0.3) is 0 Å². The maximum atomic E-state index is 12.2. The van der Waals surface area contributed by atoms with Crippen LogP contribution in [0.1, 0.15) is 35.8 Å². The number of nitrogens with one attached hydrogen (secondary N) is 2. The summed E-state index contributed by atoms with van der Waals surface area (Å²) in [5.74, 6) is 0.709. The molecule has 2 aromatic rings. The van der Waals surface area contributed by atoms with E-state index in [2.05, 4.69) is 25.6 Å². The van der Waals surface area contributed by atoms with Gasteiger partial charge in [-0.3, -0.25) is 4.79 Å². The molecule has 20 heavy (non-hydrogen) atoms. The summed E-state index contributed by atoms with van der Waals surface area (Å²) >= 11 is 0. The van der Waals surface area contributed by atoms with E-state index in [0.29, 0.717) is 17.1 Å². The Morgan fingerprint density at radius 1 is 1.20 bits per heavy atom. The average molecular weight is 271 g/mol. The number of hydrogen-bond donors (Lipinski definition) is 2. The van der Waals surface area contributed by atoms with Gasteiger partial charge < -0.3 is 10.6 Å². The number of nitrogens with zero attached hydrogens (tertiary/aromatic N) is 3. The standard InChI is InChI=1S/C14H17N5O/c1-9(2)12-4-10(5-13(15-3)19-12)14(20)18-11-6-16-8-17-7-11/h4-9H,1-3H3,(H,15,19)(H,18,20). The first-order valence-corrected chi connectivity index (χ1v) is 6.36. The van der Waals surface area contributed by atoms with Gasteiger partial charge in [-0.2, -0.15) is 0 Å². The number of rotatable bonds is 4. The monoisotopic (exact) mass is 271 g/mol. The van der Waals surface area contributed by atoms with Gasteiger partial charge in [0, 0.05) is 18.3 Å². The van der Waals surface area contributed by atoms with Crippen molar-refractivity contribution in [3.05, 3.63) is 42.1 Å². The zero-order chi connectivity index (χ0) is 14.5. The number of carbonyl (C=O) groups excluding carboxylic acids is 1. The quantitative estimate of drug-likeness (QED) is 0.891. The summed E-state index contributed by atoms with van der Waals surface area (Å²) in [6, 6.07) is 3.51. The lowest BCUT2D eigenvalue weighted by Crippen LogP contribution is -2.14. The van der Waals surface area contributed by atoms with Crippen LogP contribution in [0.2, 0.25) is 0 Å². The van der Waals surface area contributed by atoms with E-state index < -0.39 is 0 Å². The van der Waals surface area contributed by atoms with E-state index >= 15 is 0 Å². The van der Waals surface area contributed by atoms with Crippen molar-refractivity contribution < 1.29 is 4.79 Å². The van der Waals surface area contributed by atoms with E-state index in [1.54, 1.807) is 31.6 Å². The molecule has 2 rings (SSSR count).